The number of rotatable bonds is 0. The normalized spacial score (nSPS) is 15.2. The van der Waals surface area contributed by atoms with Gasteiger partial charge in [0.05, 0.1) is 0 Å². The zero-order chi connectivity index (χ0) is 12.3. The van der Waals surface area contributed by atoms with Gasteiger partial charge in [0.1, 0.15) is 0 Å². The quantitative estimate of drug-likeness (QED) is 0.428. The number of hydrogen-bond acceptors (Lipinski definition) is 0. The van der Waals surface area contributed by atoms with Crippen molar-refractivity contribution in [1.29, 1.82) is 0 Å². The maximum atomic E-state index is 3.44. The molecule has 1 aromatic rings. The average molecular weight is 334 g/mol. The number of H-pyrrole nitrogens is 1. The predicted octanol–water partition coefficient (Wildman–Crippen LogP) is -1.76. The number of aromatic nitrogens is 1. The molecule has 19 heavy (non-hydrogen) atoms. The Hall–Kier alpha value is 0.0543. The number of hydrogen-bond donors (Lipinski definition) is 1. The number of halogens is 2. The Kier molecular flexibility index (Phi) is 12.5. The second-order valence-electron chi connectivity index (χ2n) is 4.91. The van der Waals surface area contributed by atoms with Crippen molar-refractivity contribution < 1.29 is 46.5 Å². The summed E-state index contributed by atoms with van der Waals surface area (Å²) in [6.07, 6.45) is 8.17. The molecule has 0 radical (unpaired) electrons. The predicted molar refractivity (Wildman–Crippen MR) is 69.0 cm³/mol. The summed E-state index contributed by atoms with van der Waals surface area (Å²) in [4.78, 5) is 2.80. The first kappa shape index (κ1) is 24.1. The topological polar surface area (TPSA) is 15.8 Å². The van der Waals surface area contributed by atoms with Crippen molar-refractivity contribution in [3.63, 3.8) is 0 Å². The number of aryl methyl sites for hydroxylation is 1. The number of allylic oxidation sites excluding steroid dienone is 4. The fourth-order valence-electron chi connectivity index (χ4n) is 1.77. The van der Waals surface area contributed by atoms with Crippen molar-refractivity contribution in [2.24, 2.45) is 5.41 Å². The summed E-state index contributed by atoms with van der Waals surface area (Å²) >= 11 is 0. The first-order valence-corrected chi connectivity index (χ1v) is 5.66. The van der Waals surface area contributed by atoms with E-state index in [0.29, 0.717) is 0 Å². The van der Waals surface area contributed by atoms with Gasteiger partial charge in [-0.25, -0.2) is 5.57 Å². The zero-order valence-corrected chi connectivity index (χ0v) is 15.5. The molecular weight excluding hydrogens is 313 g/mol. The van der Waals surface area contributed by atoms with Crippen LogP contribution in [0.2, 0.25) is 0 Å². The third-order valence-corrected chi connectivity index (χ3v) is 3.25. The first-order valence-electron chi connectivity index (χ1n) is 5.66. The van der Waals surface area contributed by atoms with E-state index in [1.54, 1.807) is 0 Å². The Bertz CT molecular complexity index is 417. The van der Waals surface area contributed by atoms with E-state index in [1.165, 1.54) is 16.7 Å². The van der Waals surface area contributed by atoms with E-state index in [2.05, 4.69) is 51.9 Å². The van der Waals surface area contributed by atoms with E-state index >= 15 is 0 Å². The van der Waals surface area contributed by atoms with E-state index in [4.69, 9.17) is 0 Å². The molecule has 1 nitrogen and oxygen atoms in total. The summed E-state index contributed by atoms with van der Waals surface area (Å²) < 4.78 is 0. The van der Waals surface area contributed by atoms with E-state index < -0.39 is 0 Å². The van der Waals surface area contributed by atoms with Crippen LogP contribution in [0.1, 0.15) is 40.2 Å². The van der Waals surface area contributed by atoms with Gasteiger partial charge in [0.25, 0.3) is 0 Å². The molecule has 0 saturated heterocycles. The Morgan fingerprint density at radius 3 is 1.68 bits per heavy atom. The number of nitrogens with one attached hydrogen (secondary N) is 1. The summed E-state index contributed by atoms with van der Waals surface area (Å²) in [5.74, 6) is 0. The van der Waals surface area contributed by atoms with Gasteiger partial charge in [-0.1, -0.05) is 40.0 Å². The fourth-order valence-corrected chi connectivity index (χ4v) is 1.77. The van der Waals surface area contributed by atoms with Crippen molar-refractivity contribution in [2.45, 2.75) is 41.5 Å². The first-order chi connectivity index (χ1) is 7.34. The molecule has 0 unspecified atom stereocenters. The van der Waals surface area contributed by atoms with Crippen LogP contribution in [0.4, 0.5) is 0 Å². The van der Waals surface area contributed by atoms with E-state index in [-0.39, 0.29) is 51.9 Å². The summed E-state index contributed by atoms with van der Waals surface area (Å²) in [5.41, 5.74) is 5.56. The van der Waals surface area contributed by atoms with Crippen LogP contribution in [-0.4, -0.2) is 4.98 Å². The molecular formula is C15H21Cl2NTi. The van der Waals surface area contributed by atoms with Crippen LogP contribution >= 0.6 is 0 Å². The van der Waals surface area contributed by atoms with Crippen molar-refractivity contribution in [1.82, 2.24) is 4.98 Å². The largest absolute Gasteiger partial charge is 4.00 e. The molecule has 0 amide bonds. The van der Waals surface area contributed by atoms with Gasteiger partial charge < -0.3 is 29.8 Å². The van der Waals surface area contributed by atoms with Crippen molar-refractivity contribution in [3.8, 4) is 0 Å². The van der Waals surface area contributed by atoms with Gasteiger partial charge in [-0.3, -0.25) is 6.08 Å². The Morgan fingerprint density at radius 1 is 1.05 bits per heavy atom. The van der Waals surface area contributed by atoms with Gasteiger partial charge in [0, 0.05) is 0 Å². The van der Waals surface area contributed by atoms with E-state index in [9.17, 15) is 0 Å². The monoisotopic (exact) mass is 333 g/mol. The molecule has 0 aromatic carbocycles. The molecule has 0 atom stereocenters. The second-order valence-corrected chi connectivity index (χ2v) is 4.91. The molecule has 0 fully saturated rings. The third kappa shape index (κ3) is 6.85. The second kappa shape index (κ2) is 9.88. The maximum Gasteiger partial charge on any atom is 4.00 e. The molecule has 1 N–H and O–H groups in total. The molecule has 1 aliphatic rings. The molecule has 2 rings (SSSR count). The molecule has 4 heteroatoms. The molecule has 0 bridgehead atoms. The van der Waals surface area contributed by atoms with Crippen LogP contribution in [0, 0.1) is 24.6 Å². The molecule has 1 aliphatic carbocycles. The summed E-state index contributed by atoms with van der Waals surface area (Å²) in [7, 11) is 0. The summed E-state index contributed by atoms with van der Waals surface area (Å²) in [6, 6.07) is 1.97. The molecule has 104 valence electrons. The SMILES string of the molecule is CC1=[C-]C(C)(C)C(C)=C1C.Cc1[c-][nH]cc1.[Cl-].[Cl-].[Ti+4]. The van der Waals surface area contributed by atoms with Gasteiger partial charge >= 0.3 is 21.7 Å². The van der Waals surface area contributed by atoms with Crippen LogP contribution in [-0.2, 0) is 21.7 Å². The molecule has 0 spiro atoms. The maximum absolute atomic E-state index is 3.44. The minimum Gasteiger partial charge on any atom is -1.00 e. The third-order valence-electron chi connectivity index (χ3n) is 3.25. The van der Waals surface area contributed by atoms with Crippen LogP contribution in [0.3, 0.4) is 0 Å². The van der Waals surface area contributed by atoms with Gasteiger partial charge in [-0.2, -0.15) is 29.0 Å². The fraction of sp³-hybridized carbons (Fsp3) is 0.467. The molecule has 1 aromatic heterocycles. The van der Waals surface area contributed by atoms with Crippen LogP contribution in [0.15, 0.2) is 29.0 Å². The molecule has 0 saturated carbocycles. The standard InChI is InChI=1S/C10H15.C5H6N.2ClH.Ti/c1-7-6-10(4,5)9(3)8(7)2;1-5-2-3-6-4-5;;;/h1-5H3;2-3,6H,1H3;2*1H;/q2*-1;;;+4/p-2. The van der Waals surface area contributed by atoms with Crippen molar-refractivity contribution in [2.75, 3.05) is 0 Å². The molecule has 1 heterocycles. The van der Waals surface area contributed by atoms with Gasteiger partial charge in [-0.05, 0) is 0 Å². The van der Waals surface area contributed by atoms with Crippen LogP contribution in [0.5, 0.6) is 0 Å². The number of aromatic amines is 1. The zero-order valence-electron chi connectivity index (χ0n) is 12.4. The summed E-state index contributed by atoms with van der Waals surface area (Å²) in [5, 5.41) is 0. The van der Waals surface area contributed by atoms with Gasteiger partial charge in [0.2, 0.25) is 0 Å². The average Bonchev–Trinajstić information content (AvgIpc) is 2.72. The smallest absolute Gasteiger partial charge is 1.00 e. The minimum atomic E-state index is 0. The van der Waals surface area contributed by atoms with Crippen LogP contribution in [0.25, 0.3) is 0 Å². The van der Waals surface area contributed by atoms with Gasteiger partial charge in [0.15, 0.2) is 0 Å². The van der Waals surface area contributed by atoms with Crippen LogP contribution < -0.4 is 24.8 Å². The Labute approximate surface area is 145 Å². The van der Waals surface area contributed by atoms with Crippen molar-refractivity contribution in [3.05, 3.63) is 46.8 Å². The molecule has 0 aliphatic heterocycles. The van der Waals surface area contributed by atoms with E-state index in [0.717, 1.165) is 5.56 Å². The summed E-state index contributed by atoms with van der Waals surface area (Å²) in [6.45, 7) is 12.9. The van der Waals surface area contributed by atoms with Gasteiger partial charge in [-0.15, -0.1) is 13.1 Å². The Morgan fingerprint density at radius 2 is 1.58 bits per heavy atom. The Balaban J connectivity index is -0.000000252. The minimum absolute atomic E-state index is 0. The van der Waals surface area contributed by atoms with Crippen molar-refractivity contribution >= 4 is 0 Å². The van der Waals surface area contributed by atoms with E-state index in [1.807, 2.05) is 19.2 Å².